The van der Waals surface area contributed by atoms with Gasteiger partial charge in [-0.3, -0.25) is 4.79 Å². The molecule has 3 aromatic rings. The van der Waals surface area contributed by atoms with Crippen molar-refractivity contribution in [2.24, 2.45) is 5.92 Å². The maximum absolute atomic E-state index is 12.8. The van der Waals surface area contributed by atoms with Crippen molar-refractivity contribution in [3.63, 3.8) is 0 Å². The van der Waals surface area contributed by atoms with Gasteiger partial charge in [-0.05, 0) is 36.8 Å². The van der Waals surface area contributed by atoms with Crippen LogP contribution in [0.15, 0.2) is 71.3 Å². The zero-order valence-corrected chi connectivity index (χ0v) is 19.5. The van der Waals surface area contributed by atoms with Crippen molar-refractivity contribution in [3.8, 4) is 0 Å². The number of hydrogen-bond acceptors (Lipinski definition) is 5. The first-order chi connectivity index (χ1) is 16.5. The first kappa shape index (κ1) is 22.8. The van der Waals surface area contributed by atoms with Gasteiger partial charge in [0.15, 0.2) is 11.6 Å². The number of aryl methyl sites for hydroxylation is 1. The molecule has 2 heterocycles. The highest BCUT2D eigenvalue weighted by molar-refractivity contribution is 5.91. The molecule has 34 heavy (non-hydrogen) atoms. The molecule has 2 aliphatic rings. The van der Waals surface area contributed by atoms with Crippen molar-refractivity contribution in [1.82, 2.24) is 10.3 Å². The van der Waals surface area contributed by atoms with Crippen molar-refractivity contribution in [3.05, 3.63) is 89.6 Å². The summed E-state index contributed by atoms with van der Waals surface area (Å²) in [5.74, 6) is 0.342. The Morgan fingerprint density at radius 2 is 1.79 bits per heavy atom. The van der Waals surface area contributed by atoms with Gasteiger partial charge < -0.3 is 19.6 Å². The first-order valence-corrected chi connectivity index (χ1v) is 12.2. The Bertz CT molecular complexity index is 1100. The van der Waals surface area contributed by atoms with E-state index in [-0.39, 0.29) is 29.4 Å². The van der Waals surface area contributed by atoms with Crippen LogP contribution in [0, 0.1) is 12.8 Å². The number of ether oxygens (including phenoxy) is 1. The molecule has 0 spiro atoms. The summed E-state index contributed by atoms with van der Waals surface area (Å²) in [6.45, 7) is 2.22. The number of nitrogens with one attached hydrogen (secondary N) is 1. The van der Waals surface area contributed by atoms with Gasteiger partial charge in [0, 0.05) is 31.2 Å². The molecule has 1 aliphatic carbocycles. The minimum atomic E-state index is -0.400. The van der Waals surface area contributed by atoms with Crippen LogP contribution in [0.5, 0.6) is 0 Å². The van der Waals surface area contributed by atoms with Crippen LogP contribution < -0.4 is 5.32 Å². The quantitative estimate of drug-likeness (QED) is 0.575. The molecular weight excluding hydrogens is 428 g/mol. The number of fused-ring (bicyclic) bond motifs is 1. The molecule has 1 aromatic heterocycles. The van der Waals surface area contributed by atoms with Crippen LogP contribution >= 0.6 is 0 Å². The number of carbonyl (C=O) groups excluding carboxylic acids is 1. The van der Waals surface area contributed by atoms with Gasteiger partial charge >= 0.3 is 0 Å². The molecule has 1 saturated heterocycles. The molecule has 2 N–H and O–H groups in total. The fourth-order valence-electron chi connectivity index (χ4n) is 5.71. The molecule has 5 rings (SSSR count). The number of hydrogen-bond donors (Lipinski definition) is 2. The van der Waals surface area contributed by atoms with E-state index < -0.39 is 6.10 Å². The topological polar surface area (TPSA) is 84.6 Å². The molecule has 2 fully saturated rings. The van der Waals surface area contributed by atoms with Gasteiger partial charge in [-0.15, -0.1) is 0 Å². The minimum Gasteiger partial charge on any atom is -0.448 e. The number of aromatic nitrogens is 1. The lowest BCUT2D eigenvalue weighted by molar-refractivity contribution is -0.139. The summed E-state index contributed by atoms with van der Waals surface area (Å²) in [5, 5.41) is 14.2. The van der Waals surface area contributed by atoms with E-state index in [1.807, 2.05) is 24.3 Å². The lowest BCUT2D eigenvalue weighted by atomic mass is 9.73. The molecule has 1 saturated carbocycles. The van der Waals surface area contributed by atoms with E-state index in [0.29, 0.717) is 24.6 Å². The fourth-order valence-corrected chi connectivity index (χ4v) is 5.71. The highest BCUT2D eigenvalue weighted by Gasteiger charge is 2.44. The van der Waals surface area contributed by atoms with Crippen LogP contribution in [0.1, 0.15) is 65.7 Å². The summed E-state index contributed by atoms with van der Waals surface area (Å²) in [5.41, 5.74) is 2.39. The lowest BCUT2D eigenvalue weighted by Gasteiger charge is -2.39. The van der Waals surface area contributed by atoms with E-state index in [9.17, 15) is 9.90 Å². The summed E-state index contributed by atoms with van der Waals surface area (Å²) in [4.78, 5) is 16.9. The SMILES string of the molecule is Cc1nc(C(=O)NC[C@]2(c3ccccc3)CC[C@H]3[C@H](CC2)O[C@H](c2ccccc2)C[C@@H]3O)co1. The summed E-state index contributed by atoms with van der Waals surface area (Å²) < 4.78 is 11.8. The summed E-state index contributed by atoms with van der Waals surface area (Å²) in [6.07, 6.45) is 4.94. The van der Waals surface area contributed by atoms with E-state index in [2.05, 4.69) is 46.7 Å². The Hall–Kier alpha value is -2.96. The second-order valence-corrected chi connectivity index (χ2v) is 9.70. The largest absolute Gasteiger partial charge is 0.448 e. The normalized spacial score (nSPS) is 29.1. The van der Waals surface area contributed by atoms with Crippen molar-refractivity contribution in [2.45, 2.75) is 62.8 Å². The Balaban J connectivity index is 1.36. The van der Waals surface area contributed by atoms with Gasteiger partial charge in [-0.2, -0.15) is 0 Å². The molecule has 1 aliphatic heterocycles. The number of oxazole rings is 1. The van der Waals surface area contributed by atoms with Gasteiger partial charge in [0.1, 0.15) is 6.26 Å². The molecule has 178 valence electrons. The van der Waals surface area contributed by atoms with Crippen molar-refractivity contribution >= 4 is 5.91 Å². The average molecular weight is 461 g/mol. The van der Waals surface area contributed by atoms with E-state index in [1.165, 1.54) is 11.8 Å². The van der Waals surface area contributed by atoms with Gasteiger partial charge in [-0.1, -0.05) is 60.7 Å². The van der Waals surface area contributed by atoms with Crippen molar-refractivity contribution < 1.29 is 19.1 Å². The molecule has 0 bridgehead atoms. The lowest BCUT2D eigenvalue weighted by Crippen LogP contribution is -2.41. The van der Waals surface area contributed by atoms with E-state index in [1.54, 1.807) is 6.92 Å². The van der Waals surface area contributed by atoms with Gasteiger partial charge in [0.05, 0.1) is 18.3 Å². The zero-order valence-electron chi connectivity index (χ0n) is 19.5. The van der Waals surface area contributed by atoms with Gasteiger partial charge in [-0.25, -0.2) is 4.98 Å². The maximum atomic E-state index is 12.8. The second-order valence-electron chi connectivity index (χ2n) is 9.70. The highest BCUT2D eigenvalue weighted by Crippen LogP contribution is 2.46. The van der Waals surface area contributed by atoms with Crippen LogP contribution in [0.3, 0.4) is 0 Å². The maximum Gasteiger partial charge on any atom is 0.273 e. The predicted octanol–water partition coefficient (Wildman–Crippen LogP) is 4.73. The van der Waals surface area contributed by atoms with Crippen LogP contribution in [-0.4, -0.2) is 34.8 Å². The molecule has 6 nitrogen and oxygen atoms in total. The number of aliphatic hydroxyl groups is 1. The van der Waals surface area contributed by atoms with Crippen LogP contribution in [-0.2, 0) is 10.2 Å². The third-order valence-electron chi connectivity index (χ3n) is 7.63. The average Bonchev–Trinajstić information content (AvgIpc) is 3.22. The molecule has 0 radical (unpaired) electrons. The summed E-state index contributed by atoms with van der Waals surface area (Å²) >= 11 is 0. The predicted molar refractivity (Wildman–Crippen MR) is 128 cm³/mol. The fraction of sp³-hybridized carbons (Fsp3) is 0.429. The Morgan fingerprint density at radius 1 is 1.09 bits per heavy atom. The second kappa shape index (κ2) is 9.72. The van der Waals surface area contributed by atoms with Crippen molar-refractivity contribution in [1.29, 1.82) is 0 Å². The van der Waals surface area contributed by atoms with Crippen molar-refractivity contribution in [2.75, 3.05) is 6.54 Å². The zero-order chi connectivity index (χ0) is 23.5. The molecule has 5 atom stereocenters. The molecule has 0 unspecified atom stereocenters. The highest BCUT2D eigenvalue weighted by atomic mass is 16.5. The smallest absolute Gasteiger partial charge is 0.273 e. The monoisotopic (exact) mass is 460 g/mol. The Morgan fingerprint density at radius 3 is 2.50 bits per heavy atom. The minimum absolute atomic E-state index is 0.00608. The molecular formula is C28H32N2O4. The summed E-state index contributed by atoms with van der Waals surface area (Å²) in [7, 11) is 0. The molecule has 6 heteroatoms. The first-order valence-electron chi connectivity index (χ1n) is 12.2. The molecule has 2 aromatic carbocycles. The molecule has 1 amide bonds. The Labute approximate surface area is 200 Å². The van der Waals surface area contributed by atoms with E-state index >= 15 is 0 Å². The number of aliphatic hydroxyl groups excluding tert-OH is 1. The van der Waals surface area contributed by atoms with Gasteiger partial charge in [0.25, 0.3) is 5.91 Å². The number of amides is 1. The van der Waals surface area contributed by atoms with E-state index in [0.717, 1.165) is 31.2 Å². The van der Waals surface area contributed by atoms with Crippen LogP contribution in [0.4, 0.5) is 0 Å². The number of nitrogens with zero attached hydrogens (tertiary/aromatic N) is 1. The standard InChI is InChI=1S/C28H32N2O4/c1-19-30-23(17-33-19)27(32)29-18-28(21-10-6-3-7-11-21)14-12-22-24(31)16-26(34-25(22)13-15-28)20-8-4-2-5-9-20/h2-11,17,22,24-26,31H,12-16,18H2,1H3,(H,29,32)/t22-,24+,25+,26+,28+/m1/s1. The third-order valence-corrected chi connectivity index (χ3v) is 7.63. The number of benzene rings is 2. The summed E-state index contributed by atoms with van der Waals surface area (Å²) in [6, 6.07) is 20.6. The van der Waals surface area contributed by atoms with Crippen LogP contribution in [0.25, 0.3) is 0 Å². The Kier molecular flexibility index (Phi) is 6.53. The third kappa shape index (κ3) is 4.65. The number of rotatable bonds is 5. The number of carbonyl (C=O) groups is 1. The van der Waals surface area contributed by atoms with Gasteiger partial charge in [0.2, 0.25) is 0 Å². The van der Waals surface area contributed by atoms with Crippen LogP contribution in [0.2, 0.25) is 0 Å². The van der Waals surface area contributed by atoms with E-state index in [4.69, 9.17) is 9.15 Å².